The summed E-state index contributed by atoms with van der Waals surface area (Å²) in [6, 6.07) is 14.9. The second-order valence-corrected chi connectivity index (χ2v) is 5.70. The van der Waals surface area contributed by atoms with E-state index in [0.717, 1.165) is 10.5 Å². The number of methoxy groups -OCH3 is 1. The Morgan fingerprint density at radius 1 is 1.00 bits per heavy atom. The SMILES string of the molecule is COC[C@H](C(=O)NCc1ccccc1)N1C(=O)c2ccccc2C1=O. The molecule has 3 amide bonds. The molecule has 0 unspecified atom stereocenters. The molecule has 1 N–H and O–H groups in total. The van der Waals surface area contributed by atoms with Crippen LogP contribution in [0.1, 0.15) is 26.3 Å². The lowest BCUT2D eigenvalue weighted by molar-refractivity contribution is -0.126. The number of fused-ring (bicyclic) bond motifs is 1. The van der Waals surface area contributed by atoms with E-state index < -0.39 is 23.8 Å². The Kier molecular flexibility index (Phi) is 4.90. The molecule has 1 heterocycles. The van der Waals surface area contributed by atoms with Gasteiger partial charge in [0.25, 0.3) is 11.8 Å². The van der Waals surface area contributed by atoms with Crippen molar-refractivity contribution in [1.29, 1.82) is 0 Å². The zero-order valence-corrected chi connectivity index (χ0v) is 13.8. The number of carbonyl (C=O) groups is 3. The first-order valence-electron chi connectivity index (χ1n) is 7.91. The number of hydrogen-bond donors (Lipinski definition) is 1. The fraction of sp³-hybridized carbons (Fsp3) is 0.211. The van der Waals surface area contributed by atoms with E-state index in [1.165, 1.54) is 7.11 Å². The van der Waals surface area contributed by atoms with Crippen LogP contribution >= 0.6 is 0 Å². The van der Waals surface area contributed by atoms with Crippen LogP contribution in [-0.4, -0.2) is 42.4 Å². The molecular weight excluding hydrogens is 320 g/mol. The summed E-state index contributed by atoms with van der Waals surface area (Å²) in [6.45, 7) is 0.245. The van der Waals surface area contributed by atoms with Crippen LogP contribution in [0.2, 0.25) is 0 Å². The lowest BCUT2D eigenvalue weighted by atomic mass is 10.1. The first-order chi connectivity index (χ1) is 12.1. The van der Waals surface area contributed by atoms with Crippen LogP contribution in [0.4, 0.5) is 0 Å². The van der Waals surface area contributed by atoms with E-state index in [0.29, 0.717) is 17.7 Å². The Labute approximate surface area is 145 Å². The van der Waals surface area contributed by atoms with Gasteiger partial charge in [-0.2, -0.15) is 0 Å². The van der Waals surface area contributed by atoms with Crippen molar-refractivity contribution < 1.29 is 19.1 Å². The molecule has 1 atom stereocenters. The van der Waals surface area contributed by atoms with E-state index >= 15 is 0 Å². The van der Waals surface area contributed by atoms with Crippen LogP contribution in [0.3, 0.4) is 0 Å². The minimum absolute atomic E-state index is 0.0634. The molecule has 0 radical (unpaired) electrons. The summed E-state index contributed by atoms with van der Waals surface area (Å²) in [5.74, 6) is -1.38. The highest BCUT2D eigenvalue weighted by Gasteiger charge is 2.42. The van der Waals surface area contributed by atoms with Gasteiger partial charge < -0.3 is 10.1 Å². The van der Waals surface area contributed by atoms with E-state index in [1.54, 1.807) is 24.3 Å². The molecule has 6 heteroatoms. The minimum Gasteiger partial charge on any atom is -0.382 e. The molecule has 0 aliphatic carbocycles. The number of amides is 3. The molecule has 3 rings (SSSR count). The number of imide groups is 1. The average molecular weight is 338 g/mol. The summed E-state index contributed by atoms with van der Waals surface area (Å²) in [4.78, 5) is 38.7. The van der Waals surface area contributed by atoms with Crippen molar-refractivity contribution in [3.63, 3.8) is 0 Å². The number of carbonyl (C=O) groups excluding carboxylic acids is 3. The van der Waals surface area contributed by atoms with E-state index in [4.69, 9.17) is 4.74 Å². The van der Waals surface area contributed by atoms with E-state index in [9.17, 15) is 14.4 Å². The zero-order chi connectivity index (χ0) is 17.8. The Bertz CT molecular complexity index is 769. The highest BCUT2D eigenvalue weighted by molar-refractivity contribution is 6.22. The Balaban J connectivity index is 1.78. The first-order valence-corrected chi connectivity index (χ1v) is 7.91. The molecule has 6 nitrogen and oxygen atoms in total. The van der Waals surface area contributed by atoms with Crippen LogP contribution in [0.25, 0.3) is 0 Å². The van der Waals surface area contributed by atoms with Crippen LogP contribution in [0, 0.1) is 0 Å². The summed E-state index contributed by atoms with van der Waals surface area (Å²) < 4.78 is 5.08. The second-order valence-electron chi connectivity index (χ2n) is 5.70. The Morgan fingerprint density at radius 2 is 1.56 bits per heavy atom. The van der Waals surface area contributed by atoms with Gasteiger partial charge in [0.15, 0.2) is 0 Å². The van der Waals surface area contributed by atoms with Gasteiger partial charge in [0.05, 0.1) is 17.7 Å². The standard InChI is InChI=1S/C19H18N2O4/c1-25-12-16(17(22)20-11-13-7-3-2-4-8-13)21-18(23)14-9-5-6-10-15(14)19(21)24/h2-10,16H,11-12H2,1H3,(H,20,22)/t16-/m1/s1. The fourth-order valence-corrected chi connectivity index (χ4v) is 2.82. The van der Waals surface area contributed by atoms with Gasteiger partial charge in [0, 0.05) is 13.7 Å². The molecule has 1 aliphatic rings. The van der Waals surface area contributed by atoms with Crippen LogP contribution in [0.5, 0.6) is 0 Å². The predicted octanol–water partition coefficient (Wildman–Crippen LogP) is 1.61. The zero-order valence-electron chi connectivity index (χ0n) is 13.8. The van der Waals surface area contributed by atoms with Gasteiger partial charge in [0.1, 0.15) is 6.04 Å². The maximum absolute atomic E-state index is 12.6. The number of hydrogen-bond acceptors (Lipinski definition) is 4. The molecule has 0 spiro atoms. The van der Waals surface area contributed by atoms with Crippen LogP contribution in [-0.2, 0) is 16.1 Å². The monoisotopic (exact) mass is 338 g/mol. The van der Waals surface area contributed by atoms with Gasteiger partial charge in [-0.15, -0.1) is 0 Å². The normalized spacial score (nSPS) is 14.4. The van der Waals surface area contributed by atoms with Crippen LogP contribution < -0.4 is 5.32 Å². The molecule has 0 bridgehead atoms. The molecule has 2 aromatic carbocycles. The highest BCUT2D eigenvalue weighted by atomic mass is 16.5. The van der Waals surface area contributed by atoms with Gasteiger partial charge >= 0.3 is 0 Å². The summed E-state index contributed by atoms with van der Waals surface area (Å²) in [6.07, 6.45) is 0. The lowest BCUT2D eigenvalue weighted by Gasteiger charge is -2.24. The maximum Gasteiger partial charge on any atom is 0.262 e. The second kappa shape index (κ2) is 7.27. The van der Waals surface area contributed by atoms with E-state index in [2.05, 4.69) is 5.32 Å². The summed E-state index contributed by atoms with van der Waals surface area (Å²) in [5.41, 5.74) is 1.54. The number of ether oxygens (including phenoxy) is 1. The molecule has 128 valence electrons. The van der Waals surface area contributed by atoms with E-state index in [-0.39, 0.29) is 6.61 Å². The molecule has 0 aromatic heterocycles. The number of benzene rings is 2. The number of rotatable bonds is 6. The van der Waals surface area contributed by atoms with Crippen molar-refractivity contribution in [3.8, 4) is 0 Å². The van der Waals surface area contributed by atoms with Gasteiger partial charge in [0.2, 0.25) is 5.91 Å². The lowest BCUT2D eigenvalue weighted by Crippen LogP contribution is -2.51. The van der Waals surface area contributed by atoms with Crippen molar-refractivity contribution in [1.82, 2.24) is 10.2 Å². The third-order valence-electron chi connectivity index (χ3n) is 4.07. The summed E-state index contributed by atoms with van der Waals surface area (Å²) in [7, 11) is 1.43. The van der Waals surface area contributed by atoms with E-state index in [1.807, 2.05) is 30.3 Å². The largest absolute Gasteiger partial charge is 0.382 e. The average Bonchev–Trinajstić information content (AvgIpc) is 2.90. The molecule has 25 heavy (non-hydrogen) atoms. The smallest absolute Gasteiger partial charge is 0.262 e. The molecule has 0 saturated carbocycles. The topological polar surface area (TPSA) is 75.7 Å². The summed E-state index contributed by atoms with van der Waals surface area (Å²) in [5, 5.41) is 2.76. The third kappa shape index (κ3) is 3.29. The quantitative estimate of drug-likeness (QED) is 0.812. The van der Waals surface area contributed by atoms with Gasteiger partial charge in [-0.05, 0) is 17.7 Å². The highest BCUT2D eigenvalue weighted by Crippen LogP contribution is 2.24. The van der Waals surface area contributed by atoms with Crippen LogP contribution in [0.15, 0.2) is 54.6 Å². The molecule has 2 aromatic rings. The van der Waals surface area contributed by atoms with Crippen molar-refractivity contribution >= 4 is 17.7 Å². The van der Waals surface area contributed by atoms with Crippen molar-refractivity contribution in [2.24, 2.45) is 0 Å². The molecule has 1 aliphatic heterocycles. The predicted molar refractivity (Wildman–Crippen MR) is 90.9 cm³/mol. The van der Waals surface area contributed by atoms with Crippen molar-refractivity contribution in [3.05, 3.63) is 71.3 Å². The Morgan fingerprint density at radius 3 is 2.12 bits per heavy atom. The van der Waals surface area contributed by atoms with Gasteiger partial charge in [-0.1, -0.05) is 42.5 Å². The summed E-state index contributed by atoms with van der Waals surface area (Å²) >= 11 is 0. The van der Waals surface area contributed by atoms with Gasteiger partial charge in [-0.25, -0.2) is 0 Å². The molecule has 0 fully saturated rings. The molecule has 0 saturated heterocycles. The maximum atomic E-state index is 12.6. The number of nitrogens with one attached hydrogen (secondary N) is 1. The van der Waals surface area contributed by atoms with Crippen molar-refractivity contribution in [2.45, 2.75) is 12.6 Å². The molecular formula is C19H18N2O4. The van der Waals surface area contributed by atoms with Crippen molar-refractivity contribution in [2.75, 3.05) is 13.7 Å². The first kappa shape index (κ1) is 16.9. The fourth-order valence-electron chi connectivity index (χ4n) is 2.82. The Hall–Kier alpha value is -2.99. The third-order valence-corrected chi connectivity index (χ3v) is 4.07. The van der Waals surface area contributed by atoms with Gasteiger partial charge in [-0.3, -0.25) is 19.3 Å². The minimum atomic E-state index is -1.01. The number of nitrogens with zero attached hydrogens (tertiary/aromatic N) is 1.